The zero-order chi connectivity index (χ0) is 19.0. The van der Waals surface area contributed by atoms with E-state index in [9.17, 15) is 9.59 Å². The maximum atomic E-state index is 13.2. The molecule has 1 fully saturated rings. The minimum atomic E-state index is -0.148. The van der Waals surface area contributed by atoms with Crippen molar-refractivity contribution < 1.29 is 9.53 Å². The molecule has 5 heteroatoms. The van der Waals surface area contributed by atoms with Crippen LogP contribution in [0.25, 0.3) is 10.9 Å². The van der Waals surface area contributed by atoms with Crippen LogP contribution in [0.1, 0.15) is 34.3 Å². The number of H-pyrrole nitrogens is 1. The van der Waals surface area contributed by atoms with Gasteiger partial charge in [-0.2, -0.15) is 0 Å². The second-order valence-corrected chi connectivity index (χ2v) is 7.08. The predicted octanol–water partition coefficient (Wildman–Crippen LogP) is 3.65. The van der Waals surface area contributed by atoms with E-state index in [4.69, 9.17) is 4.74 Å². The average Bonchev–Trinajstić information content (AvgIpc) is 3.51. The van der Waals surface area contributed by atoms with Gasteiger partial charge in [-0.05, 0) is 55.5 Å². The fraction of sp³-hybridized carbons (Fsp3) is 0.273. The second kappa shape index (κ2) is 6.91. The molecule has 27 heavy (non-hydrogen) atoms. The lowest BCUT2D eigenvalue weighted by atomic mass is 10.1. The highest BCUT2D eigenvalue weighted by Gasteiger charge is 2.34. The fourth-order valence-corrected chi connectivity index (χ4v) is 3.40. The van der Waals surface area contributed by atoms with Crippen molar-refractivity contribution >= 4 is 16.8 Å². The molecule has 1 saturated carbocycles. The van der Waals surface area contributed by atoms with E-state index in [1.165, 1.54) is 0 Å². The SMILES string of the molecule is COc1ccccc1C(=O)N(Cc1cc2cc(C)ccc2[nH]c1=O)C1CC1. The normalized spacial score (nSPS) is 13.6. The number of nitrogens with one attached hydrogen (secondary N) is 1. The van der Waals surface area contributed by atoms with Gasteiger partial charge in [0.2, 0.25) is 0 Å². The molecule has 0 unspecified atom stereocenters. The van der Waals surface area contributed by atoms with Gasteiger partial charge in [0.1, 0.15) is 5.75 Å². The Kier molecular flexibility index (Phi) is 4.44. The largest absolute Gasteiger partial charge is 0.496 e. The summed E-state index contributed by atoms with van der Waals surface area (Å²) in [6, 6.07) is 15.2. The topological polar surface area (TPSA) is 62.4 Å². The quantitative estimate of drug-likeness (QED) is 0.754. The predicted molar refractivity (Wildman–Crippen MR) is 105 cm³/mol. The Bertz CT molecular complexity index is 1070. The number of rotatable bonds is 5. The molecule has 1 aromatic heterocycles. The molecular weight excluding hydrogens is 340 g/mol. The molecule has 0 atom stereocenters. The van der Waals surface area contributed by atoms with E-state index in [1.54, 1.807) is 24.1 Å². The molecule has 0 spiro atoms. The van der Waals surface area contributed by atoms with Gasteiger partial charge in [0.15, 0.2) is 0 Å². The molecule has 2 aromatic carbocycles. The van der Waals surface area contributed by atoms with Crippen LogP contribution in [0.4, 0.5) is 0 Å². The molecule has 0 saturated heterocycles. The molecule has 1 aliphatic rings. The van der Waals surface area contributed by atoms with Crippen LogP contribution in [0.3, 0.4) is 0 Å². The van der Waals surface area contributed by atoms with E-state index in [0.29, 0.717) is 23.4 Å². The molecular formula is C22H22N2O3. The Labute approximate surface area is 157 Å². The third kappa shape index (κ3) is 3.45. The standard InChI is InChI=1S/C22H22N2O3/c1-14-7-10-19-15(11-14)12-16(21(25)23-19)13-24(17-8-9-17)22(26)18-5-3-4-6-20(18)27-2/h3-7,10-12,17H,8-9,13H2,1-2H3,(H,23,25). The number of carbonyl (C=O) groups is 1. The maximum Gasteiger partial charge on any atom is 0.258 e. The Morgan fingerprint density at radius 3 is 2.70 bits per heavy atom. The molecule has 0 bridgehead atoms. The van der Waals surface area contributed by atoms with Crippen LogP contribution in [0.5, 0.6) is 5.75 Å². The van der Waals surface area contributed by atoms with E-state index in [0.717, 1.165) is 29.3 Å². The van der Waals surface area contributed by atoms with Crippen LogP contribution in [-0.2, 0) is 6.54 Å². The van der Waals surface area contributed by atoms with Gasteiger partial charge in [0.05, 0.1) is 19.2 Å². The highest BCUT2D eigenvalue weighted by molar-refractivity contribution is 5.97. The number of carbonyl (C=O) groups excluding carboxylic acids is 1. The Morgan fingerprint density at radius 2 is 1.96 bits per heavy atom. The van der Waals surface area contributed by atoms with Crippen molar-refractivity contribution in [2.75, 3.05) is 7.11 Å². The lowest BCUT2D eigenvalue weighted by Gasteiger charge is -2.23. The summed E-state index contributed by atoms with van der Waals surface area (Å²) in [5, 5.41) is 0.977. The van der Waals surface area contributed by atoms with Gasteiger partial charge in [-0.15, -0.1) is 0 Å². The monoisotopic (exact) mass is 362 g/mol. The molecule has 1 amide bonds. The third-order valence-corrected chi connectivity index (χ3v) is 5.00. The number of fused-ring (bicyclic) bond motifs is 1. The van der Waals surface area contributed by atoms with Crippen LogP contribution >= 0.6 is 0 Å². The molecule has 3 aromatic rings. The van der Waals surface area contributed by atoms with Crippen LogP contribution in [0.15, 0.2) is 53.3 Å². The summed E-state index contributed by atoms with van der Waals surface area (Å²) in [6.07, 6.45) is 1.93. The first-order valence-corrected chi connectivity index (χ1v) is 9.13. The summed E-state index contributed by atoms with van der Waals surface area (Å²) in [5.41, 5.74) is 2.92. The lowest BCUT2D eigenvalue weighted by Crippen LogP contribution is -2.34. The number of nitrogens with zero attached hydrogens (tertiary/aromatic N) is 1. The van der Waals surface area contributed by atoms with Gasteiger partial charge in [-0.1, -0.05) is 23.8 Å². The molecule has 0 aliphatic heterocycles. The van der Waals surface area contributed by atoms with Gasteiger partial charge in [0.25, 0.3) is 11.5 Å². The van der Waals surface area contributed by atoms with Crippen molar-refractivity contribution in [3.05, 3.63) is 75.6 Å². The number of aryl methyl sites for hydroxylation is 1. The Hall–Kier alpha value is -3.08. The van der Waals surface area contributed by atoms with Crippen molar-refractivity contribution in [3.63, 3.8) is 0 Å². The molecule has 4 rings (SSSR count). The number of benzene rings is 2. The smallest absolute Gasteiger partial charge is 0.258 e. The minimum Gasteiger partial charge on any atom is -0.496 e. The van der Waals surface area contributed by atoms with Crippen molar-refractivity contribution in [3.8, 4) is 5.75 Å². The summed E-state index contributed by atoms with van der Waals surface area (Å²) >= 11 is 0. The lowest BCUT2D eigenvalue weighted by molar-refractivity contribution is 0.0726. The number of methoxy groups -OCH3 is 1. The Balaban J connectivity index is 1.70. The number of hydrogen-bond donors (Lipinski definition) is 1. The number of aromatic nitrogens is 1. The number of ether oxygens (including phenoxy) is 1. The zero-order valence-corrected chi connectivity index (χ0v) is 15.5. The van der Waals surface area contributed by atoms with Crippen LogP contribution < -0.4 is 10.3 Å². The fourth-order valence-electron chi connectivity index (χ4n) is 3.40. The van der Waals surface area contributed by atoms with E-state index in [2.05, 4.69) is 4.98 Å². The number of pyridine rings is 1. The van der Waals surface area contributed by atoms with Gasteiger partial charge < -0.3 is 14.6 Å². The third-order valence-electron chi connectivity index (χ3n) is 5.00. The molecule has 0 radical (unpaired) electrons. The van der Waals surface area contributed by atoms with Crippen molar-refractivity contribution in [2.45, 2.75) is 32.4 Å². The zero-order valence-electron chi connectivity index (χ0n) is 15.5. The van der Waals surface area contributed by atoms with Crippen molar-refractivity contribution in [2.24, 2.45) is 0 Å². The summed E-state index contributed by atoms with van der Waals surface area (Å²) in [7, 11) is 1.56. The van der Waals surface area contributed by atoms with E-state index >= 15 is 0 Å². The minimum absolute atomic E-state index is 0.0984. The van der Waals surface area contributed by atoms with Crippen molar-refractivity contribution in [1.82, 2.24) is 9.88 Å². The number of amides is 1. The van der Waals surface area contributed by atoms with Crippen LogP contribution in [-0.4, -0.2) is 28.9 Å². The number of aromatic amines is 1. The highest BCUT2D eigenvalue weighted by atomic mass is 16.5. The Morgan fingerprint density at radius 1 is 1.19 bits per heavy atom. The van der Waals surface area contributed by atoms with E-state index in [-0.39, 0.29) is 17.5 Å². The molecule has 1 aliphatic carbocycles. The van der Waals surface area contributed by atoms with Crippen molar-refractivity contribution in [1.29, 1.82) is 0 Å². The summed E-state index contributed by atoms with van der Waals surface area (Å²) < 4.78 is 5.35. The van der Waals surface area contributed by atoms with Crippen LogP contribution in [0.2, 0.25) is 0 Å². The molecule has 138 valence electrons. The highest BCUT2D eigenvalue weighted by Crippen LogP contribution is 2.31. The molecule has 1 N–H and O–H groups in total. The maximum absolute atomic E-state index is 13.2. The second-order valence-electron chi connectivity index (χ2n) is 7.08. The first kappa shape index (κ1) is 17.3. The number of hydrogen-bond acceptors (Lipinski definition) is 3. The van der Waals surface area contributed by atoms with E-state index in [1.807, 2.05) is 43.3 Å². The molecule has 1 heterocycles. The van der Waals surface area contributed by atoms with E-state index < -0.39 is 0 Å². The summed E-state index contributed by atoms with van der Waals surface area (Å²) in [6.45, 7) is 2.31. The number of para-hydroxylation sites is 1. The van der Waals surface area contributed by atoms with Gasteiger partial charge >= 0.3 is 0 Å². The van der Waals surface area contributed by atoms with Gasteiger partial charge in [0, 0.05) is 17.1 Å². The van der Waals surface area contributed by atoms with Gasteiger partial charge in [-0.25, -0.2) is 0 Å². The first-order chi connectivity index (χ1) is 13.1. The summed E-state index contributed by atoms with van der Waals surface area (Å²) in [5.74, 6) is 0.454. The average molecular weight is 362 g/mol. The molecule has 5 nitrogen and oxygen atoms in total. The first-order valence-electron chi connectivity index (χ1n) is 9.13. The van der Waals surface area contributed by atoms with Crippen LogP contribution in [0, 0.1) is 6.92 Å². The van der Waals surface area contributed by atoms with Gasteiger partial charge in [-0.3, -0.25) is 9.59 Å². The summed E-state index contributed by atoms with van der Waals surface area (Å²) in [4.78, 5) is 30.5.